The molecular formula is C18H20ClNO3. The molecule has 0 radical (unpaired) electrons. The number of carbonyl (C=O) groups is 1. The van der Waals surface area contributed by atoms with Crippen molar-refractivity contribution in [2.45, 2.75) is 19.9 Å². The monoisotopic (exact) mass is 333 g/mol. The molecule has 2 aromatic rings. The van der Waals surface area contributed by atoms with E-state index in [1.165, 1.54) is 0 Å². The van der Waals surface area contributed by atoms with E-state index in [0.717, 1.165) is 11.3 Å². The summed E-state index contributed by atoms with van der Waals surface area (Å²) in [5.74, 6) is 1.11. The summed E-state index contributed by atoms with van der Waals surface area (Å²) in [4.78, 5) is 12.4. The van der Waals surface area contributed by atoms with E-state index in [1.54, 1.807) is 25.3 Å². The van der Waals surface area contributed by atoms with Crippen LogP contribution in [0.15, 0.2) is 42.5 Å². The second kappa shape index (κ2) is 7.88. The van der Waals surface area contributed by atoms with Gasteiger partial charge in [0.25, 0.3) is 5.91 Å². The van der Waals surface area contributed by atoms with Crippen LogP contribution in [0.2, 0.25) is 5.02 Å². The Morgan fingerprint density at radius 3 is 2.61 bits per heavy atom. The number of para-hydroxylation sites is 1. The number of hydrogen-bond donors (Lipinski definition) is 1. The minimum absolute atomic E-state index is 0.191. The molecule has 4 nitrogen and oxygen atoms in total. The Hall–Kier alpha value is -2.20. The lowest BCUT2D eigenvalue weighted by molar-refractivity contribution is 0.0939. The summed E-state index contributed by atoms with van der Waals surface area (Å²) >= 11 is 6.13. The average Bonchev–Trinajstić information content (AvgIpc) is 2.56. The molecule has 0 fully saturated rings. The Morgan fingerprint density at radius 2 is 1.96 bits per heavy atom. The number of ether oxygens (including phenoxy) is 2. The number of benzene rings is 2. The van der Waals surface area contributed by atoms with Crippen molar-refractivity contribution in [2.24, 2.45) is 0 Å². The first-order valence-electron chi connectivity index (χ1n) is 7.43. The van der Waals surface area contributed by atoms with Crippen molar-refractivity contribution in [3.05, 3.63) is 58.6 Å². The van der Waals surface area contributed by atoms with E-state index in [9.17, 15) is 4.79 Å². The first-order chi connectivity index (χ1) is 11.1. The van der Waals surface area contributed by atoms with Crippen molar-refractivity contribution in [1.82, 2.24) is 5.32 Å². The van der Waals surface area contributed by atoms with Crippen LogP contribution in [0.1, 0.15) is 35.8 Å². The summed E-state index contributed by atoms with van der Waals surface area (Å²) in [5.41, 5.74) is 1.40. The SMILES string of the molecule is CCOc1ccc(C(=O)NC(C)c2ccccc2OC)cc1Cl. The maximum Gasteiger partial charge on any atom is 0.251 e. The van der Waals surface area contributed by atoms with Gasteiger partial charge >= 0.3 is 0 Å². The van der Waals surface area contributed by atoms with Crippen LogP contribution in [0.5, 0.6) is 11.5 Å². The molecule has 2 aromatic carbocycles. The Labute approximate surface area is 141 Å². The predicted molar refractivity (Wildman–Crippen MR) is 91.5 cm³/mol. The van der Waals surface area contributed by atoms with Gasteiger partial charge < -0.3 is 14.8 Å². The topological polar surface area (TPSA) is 47.6 Å². The van der Waals surface area contributed by atoms with Crippen LogP contribution in [0.25, 0.3) is 0 Å². The largest absolute Gasteiger partial charge is 0.496 e. The van der Waals surface area contributed by atoms with Crippen molar-refractivity contribution in [1.29, 1.82) is 0 Å². The van der Waals surface area contributed by atoms with Crippen molar-refractivity contribution in [3.63, 3.8) is 0 Å². The highest BCUT2D eigenvalue weighted by Crippen LogP contribution is 2.27. The second-order valence-electron chi connectivity index (χ2n) is 5.02. The van der Waals surface area contributed by atoms with E-state index < -0.39 is 0 Å². The quantitative estimate of drug-likeness (QED) is 0.860. The molecule has 0 spiro atoms. The Morgan fingerprint density at radius 1 is 1.22 bits per heavy atom. The van der Waals surface area contributed by atoms with E-state index in [4.69, 9.17) is 21.1 Å². The summed E-state index contributed by atoms with van der Waals surface area (Å²) < 4.78 is 10.7. The minimum Gasteiger partial charge on any atom is -0.496 e. The smallest absolute Gasteiger partial charge is 0.251 e. The van der Waals surface area contributed by atoms with Gasteiger partial charge in [0.2, 0.25) is 0 Å². The van der Waals surface area contributed by atoms with Crippen molar-refractivity contribution >= 4 is 17.5 Å². The normalized spacial score (nSPS) is 11.7. The molecule has 2 rings (SSSR count). The Bertz CT molecular complexity index is 688. The van der Waals surface area contributed by atoms with Crippen molar-refractivity contribution in [2.75, 3.05) is 13.7 Å². The molecule has 1 atom stereocenters. The molecule has 0 aliphatic carbocycles. The van der Waals surface area contributed by atoms with Gasteiger partial charge in [-0.3, -0.25) is 4.79 Å². The standard InChI is InChI=1S/C18H20ClNO3/c1-4-23-17-10-9-13(11-15(17)19)18(21)20-12(2)14-7-5-6-8-16(14)22-3/h5-12H,4H2,1-3H3,(H,20,21). The number of hydrogen-bond acceptors (Lipinski definition) is 3. The van der Waals surface area contributed by atoms with Crippen LogP contribution < -0.4 is 14.8 Å². The molecule has 0 saturated carbocycles. The predicted octanol–water partition coefficient (Wildman–Crippen LogP) is 4.24. The number of methoxy groups -OCH3 is 1. The first-order valence-corrected chi connectivity index (χ1v) is 7.80. The molecule has 122 valence electrons. The third-order valence-corrected chi connectivity index (χ3v) is 3.74. The lowest BCUT2D eigenvalue weighted by Crippen LogP contribution is -2.26. The van der Waals surface area contributed by atoms with Crippen molar-refractivity contribution in [3.8, 4) is 11.5 Å². The minimum atomic E-state index is -0.201. The molecule has 0 aliphatic rings. The first kappa shape index (κ1) is 17.2. The highest BCUT2D eigenvalue weighted by molar-refractivity contribution is 6.32. The van der Waals surface area contributed by atoms with E-state index >= 15 is 0 Å². The van der Waals surface area contributed by atoms with Gasteiger partial charge in [-0.1, -0.05) is 29.8 Å². The fourth-order valence-electron chi connectivity index (χ4n) is 2.30. The van der Waals surface area contributed by atoms with Gasteiger partial charge in [0, 0.05) is 11.1 Å². The van der Waals surface area contributed by atoms with E-state index in [0.29, 0.717) is 22.9 Å². The second-order valence-corrected chi connectivity index (χ2v) is 5.42. The zero-order valence-corrected chi connectivity index (χ0v) is 14.2. The van der Waals surface area contributed by atoms with Crippen LogP contribution in [-0.2, 0) is 0 Å². The highest BCUT2D eigenvalue weighted by atomic mass is 35.5. The average molecular weight is 334 g/mol. The molecule has 0 aliphatic heterocycles. The van der Waals surface area contributed by atoms with E-state index in [2.05, 4.69) is 5.32 Å². The summed E-state index contributed by atoms with van der Waals surface area (Å²) in [5, 5.41) is 3.37. The summed E-state index contributed by atoms with van der Waals surface area (Å²) in [6, 6.07) is 12.4. The number of rotatable bonds is 6. The Kier molecular flexibility index (Phi) is 5.88. The van der Waals surface area contributed by atoms with Gasteiger partial charge in [0.1, 0.15) is 11.5 Å². The molecular weight excluding hydrogens is 314 g/mol. The van der Waals surface area contributed by atoms with Gasteiger partial charge in [-0.05, 0) is 38.1 Å². The van der Waals surface area contributed by atoms with E-state index in [1.807, 2.05) is 38.1 Å². The third kappa shape index (κ3) is 4.17. The molecule has 0 heterocycles. The lowest BCUT2D eigenvalue weighted by atomic mass is 10.1. The van der Waals surface area contributed by atoms with Crippen LogP contribution in [0, 0.1) is 0 Å². The highest BCUT2D eigenvalue weighted by Gasteiger charge is 2.15. The number of halogens is 1. The van der Waals surface area contributed by atoms with Crippen LogP contribution in [-0.4, -0.2) is 19.6 Å². The van der Waals surface area contributed by atoms with Crippen LogP contribution in [0.3, 0.4) is 0 Å². The number of amides is 1. The van der Waals surface area contributed by atoms with Gasteiger partial charge in [-0.2, -0.15) is 0 Å². The molecule has 0 saturated heterocycles. The molecule has 1 unspecified atom stereocenters. The fourth-order valence-corrected chi connectivity index (χ4v) is 2.53. The van der Waals surface area contributed by atoms with Crippen LogP contribution >= 0.6 is 11.6 Å². The lowest BCUT2D eigenvalue weighted by Gasteiger charge is -2.17. The van der Waals surface area contributed by atoms with Gasteiger partial charge in [0.05, 0.1) is 24.8 Å². The molecule has 0 bridgehead atoms. The Balaban J connectivity index is 2.13. The van der Waals surface area contributed by atoms with Gasteiger partial charge in [-0.25, -0.2) is 0 Å². The van der Waals surface area contributed by atoms with Gasteiger partial charge in [0.15, 0.2) is 0 Å². The number of nitrogens with one attached hydrogen (secondary N) is 1. The molecule has 1 amide bonds. The zero-order valence-electron chi connectivity index (χ0n) is 13.4. The van der Waals surface area contributed by atoms with Gasteiger partial charge in [-0.15, -0.1) is 0 Å². The molecule has 1 N–H and O–H groups in total. The molecule has 0 aromatic heterocycles. The van der Waals surface area contributed by atoms with E-state index in [-0.39, 0.29) is 11.9 Å². The summed E-state index contributed by atoms with van der Waals surface area (Å²) in [6.45, 7) is 4.31. The third-order valence-electron chi connectivity index (χ3n) is 3.45. The maximum atomic E-state index is 12.4. The fraction of sp³-hybridized carbons (Fsp3) is 0.278. The molecule has 23 heavy (non-hydrogen) atoms. The van der Waals surface area contributed by atoms with Crippen molar-refractivity contribution < 1.29 is 14.3 Å². The maximum absolute atomic E-state index is 12.4. The zero-order chi connectivity index (χ0) is 16.8. The number of carbonyl (C=O) groups excluding carboxylic acids is 1. The summed E-state index contributed by atoms with van der Waals surface area (Å²) in [6.07, 6.45) is 0. The molecule has 5 heteroatoms. The summed E-state index contributed by atoms with van der Waals surface area (Å²) in [7, 11) is 1.61. The van der Waals surface area contributed by atoms with Crippen LogP contribution in [0.4, 0.5) is 0 Å².